The van der Waals surface area contributed by atoms with Crippen LogP contribution in [0.2, 0.25) is 0 Å². The van der Waals surface area contributed by atoms with Crippen LogP contribution in [0, 0.1) is 5.92 Å². The zero-order chi connectivity index (χ0) is 15.4. The molecular formula is C13H16N4O3S. The summed E-state index contributed by atoms with van der Waals surface area (Å²) in [6.07, 6.45) is 1.33. The molecule has 2 N–H and O–H groups in total. The quantitative estimate of drug-likeness (QED) is 0.844. The molecule has 0 spiro atoms. The second-order valence-electron chi connectivity index (χ2n) is 4.91. The van der Waals surface area contributed by atoms with Gasteiger partial charge in [-0.1, -0.05) is 25.1 Å². The highest BCUT2D eigenvalue weighted by atomic mass is 32.1. The Morgan fingerprint density at radius 1 is 1.48 bits per heavy atom. The van der Waals surface area contributed by atoms with Crippen molar-refractivity contribution in [1.29, 1.82) is 0 Å². The van der Waals surface area contributed by atoms with Gasteiger partial charge in [0.1, 0.15) is 6.54 Å². The Morgan fingerprint density at radius 3 is 2.81 bits per heavy atom. The van der Waals surface area contributed by atoms with Crippen LogP contribution in [0.1, 0.15) is 35.3 Å². The molecule has 0 saturated heterocycles. The van der Waals surface area contributed by atoms with Crippen LogP contribution in [0.3, 0.4) is 0 Å². The monoisotopic (exact) mass is 308 g/mol. The van der Waals surface area contributed by atoms with E-state index in [-0.39, 0.29) is 30.1 Å². The van der Waals surface area contributed by atoms with Crippen molar-refractivity contribution in [3.63, 3.8) is 0 Å². The summed E-state index contributed by atoms with van der Waals surface area (Å²) in [5.74, 6) is -1.18. The molecule has 0 saturated carbocycles. The van der Waals surface area contributed by atoms with Gasteiger partial charge in [0.2, 0.25) is 0 Å². The highest BCUT2D eigenvalue weighted by molar-refractivity contribution is 7.10. The van der Waals surface area contributed by atoms with Crippen LogP contribution in [-0.2, 0) is 11.3 Å². The summed E-state index contributed by atoms with van der Waals surface area (Å²) in [5.41, 5.74) is 0.110. The Bertz CT molecular complexity index is 621. The molecule has 0 radical (unpaired) electrons. The largest absolute Gasteiger partial charge is 0.480 e. The molecule has 0 aliphatic carbocycles. The molecule has 1 unspecified atom stereocenters. The van der Waals surface area contributed by atoms with Gasteiger partial charge in [0.15, 0.2) is 5.69 Å². The average molecular weight is 308 g/mol. The molecule has 0 bridgehead atoms. The van der Waals surface area contributed by atoms with E-state index in [4.69, 9.17) is 5.11 Å². The number of carbonyl (C=O) groups is 2. The summed E-state index contributed by atoms with van der Waals surface area (Å²) in [7, 11) is 0. The number of aliphatic carboxylic acids is 1. The summed E-state index contributed by atoms with van der Waals surface area (Å²) >= 11 is 1.58. The van der Waals surface area contributed by atoms with Crippen molar-refractivity contribution in [2.45, 2.75) is 26.4 Å². The van der Waals surface area contributed by atoms with Gasteiger partial charge in [0.05, 0.1) is 12.2 Å². The van der Waals surface area contributed by atoms with Gasteiger partial charge in [-0.05, 0) is 17.4 Å². The molecule has 2 heterocycles. The number of nitrogens with zero attached hydrogens (tertiary/aromatic N) is 3. The molecule has 8 heteroatoms. The number of hydrogen-bond donors (Lipinski definition) is 2. The maximum absolute atomic E-state index is 12.2. The van der Waals surface area contributed by atoms with E-state index in [9.17, 15) is 9.59 Å². The fourth-order valence-corrected chi connectivity index (χ4v) is 2.82. The second-order valence-corrected chi connectivity index (χ2v) is 5.88. The van der Waals surface area contributed by atoms with Gasteiger partial charge < -0.3 is 10.4 Å². The number of carbonyl (C=O) groups excluding carboxylic acids is 1. The van der Waals surface area contributed by atoms with Crippen molar-refractivity contribution in [3.05, 3.63) is 34.3 Å². The van der Waals surface area contributed by atoms with Crippen molar-refractivity contribution in [2.24, 2.45) is 5.92 Å². The Hall–Kier alpha value is -2.22. The highest BCUT2D eigenvalue weighted by Gasteiger charge is 2.21. The zero-order valence-electron chi connectivity index (χ0n) is 11.7. The lowest BCUT2D eigenvalue weighted by Gasteiger charge is -2.20. The first kappa shape index (κ1) is 15.2. The van der Waals surface area contributed by atoms with E-state index in [0.717, 1.165) is 9.56 Å². The van der Waals surface area contributed by atoms with Crippen LogP contribution in [0.5, 0.6) is 0 Å². The van der Waals surface area contributed by atoms with Crippen LogP contribution in [0.4, 0.5) is 0 Å². The first-order valence-electron chi connectivity index (χ1n) is 6.43. The van der Waals surface area contributed by atoms with E-state index in [1.54, 1.807) is 11.3 Å². The maximum Gasteiger partial charge on any atom is 0.325 e. The van der Waals surface area contributed by atoms with E-state index >= 15 is 0 Å². The average Bonchev–Trinajstić information content (AvgIpc) is 3.05. The van der Waals surface area contributed by atoms with Crippen molar-refractivity contribution in [3.8, 4) is 0 Å². The molecule has 2 rings (SSSR count). The van der Waals surface area contributed by atoms with Gasteiger partial charge >= 0.3 is 5.97 Å². The van der Waals surface area contributed by atoms with Gasteiger partial charge in [-0.25, -0.2) is 4.68 Å². The van der Waals surface area contributed by atoms with Crippen LogP contribution in [0.15, 0.2) is 23.7 Å². The summed E-state index contributed by atoms with van der Waals surface area (Å²) in [6, 6.07) is 3.80. The molecule has 2 aromatic rings. The molecule has 0 aliphatic heterocycles. The predicted octanol–water partition coefficient (Wildman–Crippen LogP) is 1.55. The standard InChI is InChI=1S/C13H16N4O3S/c1-8(2)12(10-4-3-5-21-10)14-13(20)9-6-17(16-15-9)7-11(18)19/h3-6,8,12H,7H2,1-2H3,(H,14,20)(H,18,19). The van der Waals surface area contributed by atoms with E-state index in [1.165, 1.54) is 6.20 Å². The van der Waals surface area contributed by atoms with Crippen molar-refractivity contribution < 1.29 is 14.7 Å². The fourth-order valence-electron chi connectivity index (χ4n) is 1.87. The third-order valence-corrected chi connectivity index (χ3v) is 3.83. The fraction of sp³-hybridized carbons (Fsp3) is 0.385. The number of carboxylic acids is 1. The van der Waals surface area contributed by atoms with Crippen molar-refractivity contribution >= 4 is 23.2 Å². The molecule has 0 aliphatic rings. The number of hydrogen-bond acceptors (Lipinski definition) is 5. The molecule has 0 aromatic carbocycles. The number of carboxylic acid groups (broad SMARTS) is 1. The van der Waals surface area contributed by atoms with Crippen LogP contribution in [0.25, 0.3) is 0 Å². The first-order chi connectivity index (χ1) is 9.97. The highest BCUT2D eigenvalue weighted by Crippen LogP contribution is 2.25. The van der Waals surface area contributed by atoms with E-state index in [1.807, 2.05) is 31.4 Å². The van der Waals surface area contributed by atoms with Gasteiger partial charge in [0.25, 0.3) is 5.91 Å². The van der Waals surface area contributed by atoms with Gasteiger partial charge in [-0.2, -0.15) is 0 Å². The minimum absolute atomic E-state index is 0.109. The van der Waals surface area contributed by atoms with Crippen LogP contribution in [-0.4, -0.2) is 32.0 Å². The smallest absolute Gasteiger partial charge is 0.325 e. The van der Waals surface area contributed by atoms with Gasteiger partial charge in [0, 0.05) is 4.88 Å². The van der Waals surface area contributed by atoms with Crippen molar-refractivity contribution in [1.82, 2.24) is 20.3 Å². The molecule has 0 fully saturated rings. The number of amides is 1. The van der Waals surface area contributed by atoms with Gasteiger partial charge in [-0.3, -0.25) is 9.59 Å². The number of nitrogens with one attached hydrogen (secondary N) is 1. The number of rotatable bonds is 6. The topological polar surface area (TPSA) is 97.1 Å². The third-order valence-electron chi connectivity index (χ3n) is 2.87. The number of thiophene rings is 1. The van der Waals surface area contributed by atoms with Crippen LogP contribution < -0.4 is 5.32 Å². The number of aromatic nitrogens is 3. The molecule has 2 aromatic heterocycles. The minimum Gasteiger partial charge on any atom is -0.480 e. The molecule has 21 heavy (non-hydrogen) atoms. The molecule has 112 valence electrons. The summed E-state index contributed by atoms with van der Waals surface area (Å²) < 4.78 is 1.12. The third kappa shape index (κ3) is 3.88. The lowest BCUT2D eigenvalue weighted by Crippen LogP contribution is -2.31. The summed E-state index contributed by atoms with van der Waals surface area (Å²) in [4.78, 5) is 23.8. The van der Waals surface area contributed by atoms with Gasteiger partial charge in [-0.15, -0.1) is 16.4 Å². The van der Waals surface area contributed by atoms with E-state index < -0.39 is 5.97 Å². The first-order valence-corrected chi connectivity index (χ1v) is 7.31. The second kappa shape index (κ2) is 6.49. The molecule has 7 nitrogen and oxygen atoms in total. The SMILES string of the molecule is CC(C)C(NC(=O)c1cn(CC(=O)O)nn1)c1cccs1. The Balaban J connectivity index is 2.09. The Kier molecular flexibility index (Phi) is 4.69. The molecule has 1 atom stereocenters. The molecule has 1 amide bonds. The Labute approximate surface area is 125 Å². The predicted molar refractivity (Wildman–Crippen MR) is 77.0 cm³/mol. The Morgan fingerprint density at radius 2 is 2.24 bits per heavy atom. The summed E-state index contributed by atoms with van der Waals surface area (Å²) in [5, 5.41) is 20.9. The normalized spacial score (nSPS) is 12.3. The van der Waals surface area contributed by atoms with E-state index in [0.29, 0.717) is 0 Å². The van der Waals surface area contributed by atoms with Crippen molar-refractivity contribution in [2.75, 3.05) is 0 Å². The summed E-state index contributed by atoms with van der Waals surface area (Å²) in [6.45, 7) is 3.72. The maximum atomic E-state index is 12.2. The lowest BCUT2D eigenvalue weighted by molar-refractivity contribution is -0.137. The lowest BCUT2D eigenvalue weighted by atomic mass is 10.0. The molecular weight excluding hydrogens is 292 g/mol. The zero-order valence-corrected chi connectivity index (χ0v) is 12.5. The minimum atomic E-state index is -1.04. The van der Waals surface area contributed by atoms with E-state index in [2.05, 4.69) is 15.6 Å². The van der Waals surface area contributed by atoms with Crippen LogP contribution >= 0.6 is 11.3 Å².